The van der Waals surface area contributed by atoms with Crippen molar-refractivity contribution in [1.29, 1.82) is 0 Å². The number of aryl methyl sites for hydroxylation is 1. The summed E-state index contributed by atoms with van der Waals surface area (Å²) in [4.78, 5) is 28.4. The van der Waals surface area contributed by atoms with Gasteiger partial charge in [0.05, 0.1) is 0 Å². The van der Waals surface area contributed by atoms with Crippen molar-refractivity contribution in [2.24, 2.45) is 5.92 Å². The van der Waals surface area contributed by atoms with Gasteiger partial charge in [0, 0.05) is 43.5 Å². The molecule has 2 aromatic carbocycles. The molecule has 1 N–H and O–H groups in total. The molecule has 1 heterocycles. The van der Waals surface area contributed by atoms with Gasteiger partial charge in [-0.1, -0.05) is 31.5 Å². The standard InChI is InChI=1S/C23H29N3O3/c1-17(2)23(28)26-14-12-25(13-15-26)20-8-6-19(7-9-20)24-22(27)16-29-21-10-4-18(3)5-11-21/h4-11,17H,12-16H2,1-3H3,(H,24,27). The normalized spacial score (nSPS) is 14.1. The fraction of sp³-hybridized carbons (Fsp3) is 0.391. The Bertz CT molecular complexity index is 823. The van der Waals surface area contributed by atoms with Gasteiger partial charge in [-0.2, -0.15) is 0 Å². The van der Waals surface area contributed by atoms with E-state index in [9.17, 15) is 9.59 Å². The lowest BCUT2D eigenvalue weighted by Gasteiger charge is -2.37. The Morgan fingerprint density at radius 1 is 0.966 bits per heavy atom. The molecular weight excluding hydrogens is 366 g/mol. The van der Waals surface area contributed by atoms with Gasteiger partial charge in [-0.3, -0.25) is 9.59 Å². The molecule has 1 saturated heterocycles. The average Bonchev–Trinajstić information content (AvgIpc) is 2.73. The number of nitrogens with one attached hydrogen (secondary N) is 1. The Balaban J connectivity index is 1.47. The van der Waals surface area contributed by atoms with Gasteiger partial charge in [-0.25, -0.2) is 0 Å². The van der Waals surface area contributed by atoms with Gasteiger partial charge in [0.25, 0.3) is 5.91 Å². The zero-order chi connectivity index (χ0) is 20.8. The van der Waals surface area contributed by atoms with Crippen molar-refractivity contribution in [3.63, 3.8) is 0 Å². The highest BCUT2D eigenvalue weighted by Crippen LogP contribution is 2.20. The minimum absolute atomic E-state index is 0.0311. The number of benzene rings is 2. The van der Waals surface area contributed by atoms with Crippen LogP contribution in [0, 0.1) is 12.8 Å². The van der Waals surface area contributed by atoms with Crippen LogP contribution >= 0.6 is 0 Å². The van der Waals surface area contributed by atoms with Crippen LogP contribution in [0.2, 0.25) is 0 Å². The maximum absolute atomic E-state index is 12.1. The Morgan fingerprint density at radius 3 is 2.17 bits per heavy atom. The van der Waals surface area contributed by atoms with Gasteiger partial charge in [0.1, 0.15) is 5.75 Å². The van der Waals surface area contributed by atoms with Gasteiger partial charge in [-0.15, -0.1) is 0 Å². The first kappa shape index (κ1) is 20.7. The van der Waals surface area contributed by atoms with E-state index in [1.54, 1.807) is 0 Å². The number of rotatable bonds is 6. The molecule has 6 nitrogen and oxygen atoms in total. The van der Waals surface area contributed by atoms with Gasteiger partial charge < -0.3 is 19.9 Å². The minimum Gasteiger partial charge on any atom is -0.484 e. The summed E-state index contributed by atoms with van der Waals surface area (Å²) < 4.78 is 5.51. The van der Waals surface area contributed by atoms with E-state index >= 15 is 0 Å². The summed E-state index contributed by atoms with van der Waals surface area (Å²) in [6.07, 6.45) is 0. The average molecular weight is 396 g/mol. The summed E-state index contributed by atoms with van der Waals surface area (Å²) in [5, 5.41) is 2.85. The largest absolute Gasteiger partial charge is 0.484 e. The second kappa shape index (κ2) is 9.45. The summed E-state index contributed by atoms with van der Waals surface area (Å²) in [6.45, 7) is 8.96. The predicted octanol–water partition coefficient (Wildman–Crippen LogP) is 3.32. The number of hydrogen-bond donors (Lipinski definition) is 1. The van der Waals surface area contributed by atoms with E-state index in [2.05, 4.69) is 10.2 Å². The summed E-state index contributed by atoms with van der Waals surface area (Å²) in [6, 6.07) is 15.4. The van der Waals surface area contributed by atoms with Crippen LogP contribution in [-0.2, 0) is 9.59 Å². The molecule has 1 fully saturated rings. The Hall–Kier alpha value is -3.02. The molecule has 154 valence electrons. The number of ether oxygens (including phenoxy) is 1. The SMILES string of the molecule is Cc1ccc(OCC(=O)Nc2ccc(N3CCN(C(=O)C(C)C)CC3)cc2)cc1. The van der Waals surface area contributed by atoms with Crippen LogP contribution < -0.4 is 15.0 Å². The number of amides is 2. The molecule has 0 spiro atoms. The fourth-order valence-electron chi connectivity index (χ4n) is 3.29. The molecule has 1 aliphatic rings. The molecule has 1 aliphatic heterocycles. The zero-order valence-electron chi connectivity index (χ0n) is 17.4. The number of hydrogen-bond acceptors (Lipinski definition) is 4. The molecule has 0 aliphatic carbocycles. The molecule has 0 saturated carbocycles. The first-order valence-electron chi connectivity index (χ1n) is 10.1. The second-order valence-electron chi connectivity index (χ2n) is 7.66. The summed E-state index contributed by atoms with van der Waals surface area (Å²) in [7, 11) is 0. The lowest BCUT2D eigenvalue weighted by atomic mass is 10.1. The molecule has 0 atom stereocenters. The molecule has 6 heteroatoms. The number of piperazine rings is 1. The van der Waals surface area contributed by atoms with Crippen LogP contribution in [0.4, 0.5) is 11.4 Å². The predicted molar refractivity (Wildman–Crippen MR) is 115 cm³/mol. The van der Waals surface area contributed by atoms with Crippen molar-refractivity contribution in [2.75, 3.05) is 43.0 Å². The molecule has 0 bridgehead atoms. The van der Waals surface area contributed by atoms with E-state index in [4.69, 9.17) is 4.74 Å². The van der Waals surface area contributed by atoms with E-state index in [1.807, 2.05) is 74.2 Å². The van der Waals surface area contributed by atoms with Gasteiger partial charge in [0.15, 0.2) is 6.61 Å². The second-order valence-corrected chi connectivity index (χ2v) is 7.66. The molecule has 29 heavy (non-hydrogen) atoms. The van der Waals surface area contributed by atoms with E-state index in [0.717, 1.165) is 43.1 Å². The Labute approximate surface area is 172 Å². The van der Waals surface area contributed by atoms with Crippen LogP contribution in [0.25, 0.3) is 0 Å². The smallest absolute Gasteiger partial charge is 0.262 e. The molecule has 0 unspecified atom stereocenters. The summed E-state index contributed by atoms with van der Waals surface area (Å²) >= 11 is 0. The van der Waals surface area contributed by atoms with Gasteiger partial charge in [0.2, 0.25) is 5.91 Å². The Kier molecular flexibility index (Phi) is 6.75. The summed E-state index contributed by atoms with van der Waals surface area (Å²) in [5.74, 6) is 0.741. The monoisotopic (exact) mass is 395 g/mol. The lowest BCUT2D eigenvalue weighted by molar-refractivity contribution is -0.134. The van der Waals surface area contributed by atoms with E-state index in [-0.39, 0.29) is 24.3 Å². The van der Waals surface area contributed by atoms with Crippen molar-refractivity contribution in [3.05, 3.63) is 54.1 Å². The van der Waals surface area contributed by atoms with Crippen LogP contribution in [0.3, 0.4) is 0 Å². The third-order valence-corrected chi connectivity index (χ3v) is 4.99. The van der Waals surface area contributed by atoms with Crippen molar-refractivity contribution in [2.45, 2.75) is 20.8 Å². The maximum atomic E-state index is 12.1. The molecule has 2 amide bonds. The topological polar surface area (TPSA) is 61.9 Å². The third kappa shape index (κ3) is 5.73. The quantitative estimate of drug-likeness (QED) is 0.815. The van der Waals surface area contributed by atoms with Crippen LogP contribution in [-0.4, -0.2) is 49.5 Å². The molecular formula is C23H29N3O3. The molecule has 0 radical (unpaired) electrons. The van der Waals surface area contributed by atoms with Crippen molar-refractivity contribution in [3.8, 4) is 5.75 Å². The van der Waals surface area contributed by atoms with Crippen molar-refractivity contribution < 1.29 is 14.3 Å². The van der Waals surface area contributed by atoms with Crippen molar-refractivity contribution in [1.82, 2.24) is 4.90 Å². The third-order valence-electron chi connectivity index (χ3n) is 4.99. The number of anilines is 2. The van der Waals surface area contributed by atoms with Gasteiger partial charge >= 0.3 is 0 Å². The highest BCUT2D eigenvalue weighted by molar-refractivity contribution is 5.92. The van der Waals surface area contributed by atoms with E-state index in [1.165, 1.54) is 0 Å². The first-order chi connectivity index (χ1) is 13.9. The maximum Gasteiger partial charge on any atom is 0.262 e. The zero-order valence-corrected chi connectivity index (χ0v) is 17.4. The fourth-order valence-corrected chi connectivity index (χ4v) is 3.29. The van der Waals surface area contributed by atoms with E-state index < -0.39 is 0 Å². The van der Waals surface area contributed by atoms with E-state index in [0.29, 0.717) is 5.75 Å². The highest BCUT2D eigenvalue weighted by Gasteiger charge is 2.22. The van der Waals surface area contributed by atoms with Crippen molar-refractivity contribution >= 4 is 23.2 Å². The molecule has 3 rings (SSSR count). The number of carbonyl (C=O) groups is 2. The lowest BCUT2D eigenvalue weighted by Crippen LogP contribution is -2.49. The van der Waals surface area contributed by atoms with Crippen LogP contribution in [0.15, 0.2) is 48.5 Å². The number of nitrogens with zero attached hydrogens (tertiary/aromatic N) is 2. The summed E-state index contributed by atoms with van der Waals surface area (Å²) in [5.41, 5.74) is 2.98. The molecule has 2 aromatic rings. The first-order valence-corrected chi connectivity index (χ1v) is 10.1. The van der Waals surface area contributed by atoms with Crippen LogP contribution in [0.1, 0.15) is 19.4 Å². The minimum atomic E-state index is -0.195. The number of carbonyl (C=O) groups excluding carboxylic acids is 2. The van der Waals surface area contributed by atoms with Crippen LogP contribution in [0.5, 0.6) is 5.75 Å². The highest BCUT2D eigenvalue weighted by atomic mass is 16.5. The van der Waals surface area contributed by atoms with Gasteiger partial charge in [-0.05, 0) is 43.3 Å². The Morgan fingerprint density at radius 2 is 1.59 bits per heavy atom. The molecule has 0 aromatic heterocycles.